The zero-order chi connectivity index (χ0) is 20.2. The Kier molecular flexibility index (Phi) is 5.94. The van der Waals surface area contributed by atoms with Gasteiger partial charge in [0.25, 0.3) is 0 Å². The molecule has 6 nitrogen and oxygen atoms in total. The molecule has 29 heavy (non-hydrogen) atoms. The van der Waals surface area contributed by atoms with E-state index in [2.05, 4.69) is 16.7 Å². The molecule has 0 unspecified atom stereocenters. The van der Waals surface area contributed by atoms with E-state index in [0.29, 0.717) is 24.4 Å². The third-order valence-electron chi connectivity index (χ3n) is 5.71. The minimum atomic E-state index is -0.215. The molecule has 2 aromatic rings. The van der Waals surface area contributed by atoms with E-state index in [0.717, 1.165) is 18.4 Å². The van der Waals surface area contributed by atoms with Crippen molar-refractivity contribution in [2.75, 3.05) is 5.32 Å². The molecule has 4 rings (SSSR count). The van der Waals surface area contributed by atoms with Gasteiger partial charge in [-0.1, -0.05) is 31.0 Å². The first-order chi connectivity index (χ1) is 14.1. The molecule has 4 amide bonds. The molecule has 2 N–H and O–H groups in total. The lowest BCUT2D eigenvalue weighted by Crippen LogP contribution is -2.35. The summed E-state index contributed by atoms with van der Waals surface area (Å²) in [4.78, 5) is 38.6. The van der Waals surface area contributed by atoms with Crippen molar-refractivity contribution in [1.29, 1.82) is 0 Å². The lowest BCUT2D eigenvalue weighted by molar-refractivity contribution is -0.139. The quantitative estimate of drug-likeness (QED) is 0.689. The normalized spacial score (nSPS) is 18.3. The number of rotatable bonds is 6. The number of thiophene rings is 1. The van der Waals surface area contributed by atoms with Gasteiger partial charge >= 0.3 is 6.03 Å². The maximum Gasteiger partial charge on any atom is 0.319 e. The summed E-state index contributed by atoms with van der Waals surface area (Å²) in [6.45, 7) is 0.284. The van der Waals surface area contributed by atoms with Gasteiger partial charge in [0.05, 0.1) is 12.6 Å². The number of amides is 4. The van der Waals surface area contributed by atoms with Gasteiger partial charge in [-0.3, -0.25) is 14.5 Å². The third-order valence-corrected chi connectivity index (χ3v) is 6.67. The van der Waals surface area contributed by atoms with E-state index in [1.165, 1.54) is 22.6 Å². The molecule has 1 atom stereocenters. The van der Waals surface area contributed by atoms with Crippen LogP contribution in [0.25, 0.3) is 0 Å². The fourth-order valence-electron chi connectivity index (χ4n) is 4.16. The van der Waals surface area contributed by atoms with Crippen LogP contribution in [-0.4, -0.2) is 22.7 Å². The molecular weight excluding hydrogens is 386 g/mol. The van der Waals surface area contributed by atoms with Gasteiger partial charge in [0.15, 0.2) is 0 Å². The molecular formula is C22H25N3O3S. The van der Waals surface area contributed by atoms with Gasteiger partial charge in [-0.2, -0.15) is 0 Å². The minimum Gasteiger partial charge on any atom is -0.330 e. The second-order valence-electron chi connectivity index (χ2n) is 7.71. The molecule has 1 aromatic carbocycles. The number of hydrogen-bond donors (Lipinski definition) is 2. The van der Waals surface area contributed by atoms with Gasteiger partial charge in [0.1, 0.15) is 0 Å². The number of nitrogens with one attached hydrogen (secondary N) is 2. The van der Waals surface area contributed by atoms with Crippen LogP contribution in [0.5, 0.6) is 0 Å². The van der Waals surface area contributed by atoms with Crippen molar-refractivity contribution in [1.82, 2.24) is 10.2 Å². The number of urea groups is 1. The summed E-state index contributed by atoms with van der Waals surface area (Å²) in [5.41, 5.74) is 1.55. The van der Waals surface area contributed by atoms with Crippen molar-refractivity contribution in [2.45, 2.75) is 51.1 Å². The van der Waals surface area contributed by atoms with Crippen molar-refractivity contribution in [3.8, 4) is 0 Å². The van der Waals surface area contributed by atoms with Crippen molar-refractivity contribution < 1.29 is 14.4 Å². The maximum atomic E-state index is 12.6. The van der Waals surface area contributed by atoms with Crippen LogP contribution in [0.15, 0.2) is 41.8 Å². The first-order valence-corrected chi connectivity index (χ1v) is 11.0. The molecule has 0 radical (unpaired) electrons. The Labute approximate surface area is 174 Å². The van der Waals surface area contributed by atoms with Crippen LogP contribution in [0.2, 0.25) is 0 Å². The summed E-state index contributed by atoms with van der Waals surface area (Å²) in [6, 6.07) is 11.2. The van der Waals surface area contributed by atoms with E-state index in [9.17, 15) is 14.4 Å². The van der Waals surface area contributed by atoms with E-state index in [4.69, 9.17) is 0 Å². The molecule has 152 valence electrons. The second kappa shape index (κ2) is 8.78. The van der Waals surface area contributed by atoms with Gasteiger partial charge in [-0.25, -0.2) is 4.79 Å². The van der Waals surface area contributed by atoms with Crippen LogP contribution < -0.4 is 10.6 Å². The highest BCUT2D eigenvalue weighted by atomic mass is 32.1. The second-order valence-corrected chi connectivity index (χ2v) is 8.69. The van der Waals surface area contributed by atoms with E-state index in [-0.39, 0.29) is 30.4 Å². The van der Waals surface area contributed by atoms with Crippen molar-refractivity contribution in [2.24, 2.45) is 5.92 Å². The monoisotopic (exact) mass is 411 g/mol. The molecule has 1 saturated heterocycles. The topological polar surface area (TPSA) is 78.5 Å². The van der Waals surface area contributed by atoms with E-state index < -0.39 is 0 Å². The first-order valence-electron chi connectivity index (χ1n) is 10.1. The van der Waals surface area contributed by atoms with E-state index >= 15 is 0 Å². The average molecular weight is 412 g/mol. The molecule has 1 aromatic heterocycles. The van der Waals surface area contributed by atoms with Gasteiger partial charge in [0, 0.05) is 23.4 Å². The van der Waals surface area contributed by atoms with Crippen LogP contribution in [0.4, 0.5) is 10.5 Å². The number of benzene rings is 1. The standard InChI is InChI=1S/C22H25N3O3S/c26-19-11-12-20(27)25(19)14-15-7-9-17(10-8-15)23-22(28)24-21(16-4-1-2-5-16)18-6-3-13-29-18/h3,6-10,13,16,21H,1-2,4-5,11-12,14H2,(H2,23,24,28)/t21-/m0/s1. The number of likely N-dealkylation sites (tertiary alicyclic amines) is 1. The predicted octanol–water partition coefficient (Wildman–Crippen LogP) is 4.45. The number of carbonyl (C=O) groups is 3. The lowest BCUT2D eigenvalue weighted by atomic mass is 9.97. The number of imide groups is 1. The smallest absolute Gasteiger partial charge is 0.319 e. The fraction of sp³-hybridized carbons (Fsp3) is 0.409. The number of hydrogen-bond acceptors (Lipinski definition) is 4. The number of carbonyl (C=O) groups excluding carboxylic acids is 3. The summed E-state index contributed by atoms with van der Waals surface area (Å²) in [5, 5.41) is 8.11. The fourth-order valence-corrected chi connectivity index (χ4v) is 5.03. The molecule has 7 heteroatoms. The van der Waals surface area contributed by atoms with Crippen LogP contribution >= 0.6 is 11.3 Å². The zero-order valence-corrected chi connectivity index (χ0v) is 17.0. The molecule has 1 aliphatic carbocycles. The molecule has 0 bridgehead atoms. The van der Waals surface area contributed by atoms with Gasteiger partial charge in [-0.15, -0.1) is 11.3 Å². The van der Waals surface area contributed by atoms with Crippen molar-refractivity contribution in [3.63, 3.8) is 0 Å². The SMILES string of the molecule is O=C(Nc1ccc(CN2C(=O)CCC2=O)cc1)N[C@H](c1cccs1)C1CCCC1. The summed E-state index contributed by atoms with van der Waals surface area (Å²) in [7, 11) is 0. The average Bonchev–Trinajstić information content (AvgIpc) is 3.48. The highest BCUT2D eigenvalue weighted by Gasteiger charge is 2.29. The van der Waals surface area contributed by atoms with Crippen LogP contribution in [-0.2, 0) is 16.1 Å². The summed E-state index contributed by atoms with van der Waals surface area (Å²) >= 11 is 1.68. The van der Waals surface area contributed by atoms with Gasteiger partial charge in [-0.05, 0) is 47.9 Å². The summed E-state index contributed by atoms with van der Waals surface area (Å²) < 4.78 is 0. The predicted molar refractivity (Wildman–Crippen MR) is 112 cm³/mol. The zero-order valence-electron chi connectivity index (χ0n) is 16.2. The van der Waals surface area contributed by atoms with Crippen LogP contribution in [0, 0.1) is 5.92 Å². The van der Waals surface area contributed by atoms with Gasteiger partial charge in [0.2, 0.25) is 11.8 Å². The van der Waals surface area contributed by atoms with Crippen LogP contribution in [0.1, 0.15) is 55.0 Å². The molecule has 1 saturated carbocycles. The van der Waals surface area contributed by atoms with E-state index in [1.807, 2.05) is 23.6 Å². The summed E-state index contributed by atoms with van der Waals surface area (Å²) in [5.74, 6) is 0.239. The lowest BCUT2D eigenvalue weighted by Gasteiger charge is -2.24. The highest BCUT2D eigenvalue weighted by Crippen LogP contribution is 2.37. The van der Waals surface area contributed by atoms with E-state index in [1.54, 1.807) is 23.5 Å². The molecule has 2 fully saturated rings. The Morgan fingerprint density at radius 3 is 2.38 bits per heavy atom. The Balaban J connectivity index is 1.36. The first kappa shape index (κ1) is 19.6. The Hall–Kier alpha value is -2.67. The Bertz CT molecular complexity index is 857. The number of nitrogens with zero attached hydrogens (tertiary/aromatic N) is 1. The molecule has 2 aliphatic rings. The summed E-state index contributed by atoms with van der Waals surface area (Å²) in [6.07, 6.45) is 5.33. The molecule has 2 heterocycles. The molecule has 0 spiro atoms. The highest BCUT2D eigenvalue weighted by molar-refractivity contribution is 7.10. The number of anilines is 1. The minimum absolute atomic E-state index is 0.0453. The van der Waals surface area contributed by atoms with Crippen LogP contribution in [0.3, 0.4) is 0 Å². The van der Waals surface area contributed by atoms with Crippen molar-refractivity contribution in [3.05, 3.63) is 52.2 Å². The third kappa shape index (κ3) is 4.67. The molecule has 1 aliphatic heterocycles. The van der Waals surface area contributed by atoms with Gasteiger partial charge < -0.3 is 10.6 Å². The largest absolute Gasteiger partial charge is 0.330 e. The Morgan fingerprint density at radius 2 is 1.76 bits per heavy atom. The van der Waals surface area contributed by atoms with Crippen molar-refractivity contribution >= 4 is 34.9 Å². The maximum absolute atomic E-state index is 12.6. The Morgan fingerprint density at radius 1 is 1.07 bits per heavy atom.